The van der Waals surface area contributed by atoms with E-state index in [-0.39, 0.29) is 30.3 Å². The lowest BCUT2D eigenvalue weighted by Crippen LogP contribution is -2.29. The highest BCUT2D eigenvalue weighted by Gasteiger charge is 2.18. The van der Waals surface area contributed by atoms with Gasteiger partial charge in [-0.05, 0) is 29.8 Å². The SMILES string of the molecule is COCCNS(=O)(=O)c1ccc(CNC(=O)c2nn(-c3ccccc3OC)c(=O)cc2O)cc1. The van der Waals surface area contributed by atoms with Crippen molar-refractivity contribution in [2.45, 2.75) is 11.4 Å². The van der Waals surface area contributed by atoms with Crippen molar-refractivity contribution in [2.75, 3.05) is 27.4 Å². The molecule has 2 aromatic carbocycles. The largest absolute Gasteiger partial charge is 0.505 e. The van der Waals surface area contributed by atoms with Crippen molar-refractivity contribution in [3.05, 3.63) is 76.2 Å². The van der Waals surface area contributed by atoms with Gasteiger partial charge in [0.15, 0.2) is 11.4 Å². The van der Waals surface area contributed by atoms with Crippen LogP contribution in [-0.2, 0) is 21.3 Å². The first-order valence-electron chi connectivity index (χ1n) is 10.1. The number of ether oxygens (including phenoxy) is 2. The monoisotopic (exact) mass is 488 g/mol. The molecule has 3 N–H and O–H groups in total. The minimum Gasteiger partial charge on any atom is -0.505 e. The summed E-state index contributed by atoms with van der Waals surface area (Å²) in [6.45, 7) is 0.421. The third-order valence-corrected chi connectivity index (χ3v) is 6.20. The van der Waals surface area contributed by atoms with Crippen LogP contribution in [0, 0.1) is 0 Å². The van der Waals surface area contributed by atoms with E-state index in [1.54, 1.807) is 36.4 Å². The van der Waals surface area contributed by atoms with Gasteiger partial charge < -0.3 is 19.9 Å². The Hall–Kier alpha value is -3.74. The lowest BCUT2D eigenvalue weighted by atomic mass is 10.2. The molecule has 0 atom stereocenters. The fraction of sp³-hybridized carbons (Fsp3) is 0.227. The molecule has 12 heteroatoms. The number of nitrogens with one attached hydrogen (secondary N) is 2. The van der Waals surface area contributed by atoms with E-state index in [1.165, 1.54) is 26.4 Å². The number of para-hydroxylation sites is 2. The van der Waals surface area contributed by atoms with Crippen LogP contribution in [0.4, 0.5) is 0 Å². The predicted molar refractivity (Wildman–Crippen MR) is 123 cm³/mol. The summed E-state index contributed by atoms with van der Waals surface area (Å²) in [7, 11) is -0.767. The van der Waals surface area contributed by atoms with Gasteiger partial charge in [-0.1, -0.05) is 24.3 Å². The van der Waals surface area contributed by atoms with E-state index in [0.717, 1.165) is 10.7 Å². The Morgan fingerprint density at radius 3 is 2.50 bits per heavy atom. The number of amides is 1. The van der Waals surface area contributed by atoms with Crippen LogP contribution >= 0.6 is 0 Å². The van der Waals surface area contributed by atoms with E-state index in [9.17, 15) is 23.1 Å². The van der Waals surface area contributed by atoms with Crippen molar-refractivity contribution in [1.82, 2.24) is 19.8 Å². The smallest absolute Gasteiger partial charge is 0.275 e. The molecule has 1 amide bonds. The normalized spacial score (nSPS) is 11.2. The van der Waals surface area contributed by atoms with E-state index in [0.29, 0.717) is 17.0 Å². The molecule has 3 rings (SSSR count). The van der Waals surface area contributed by atoms with Gasteiger partial charge in [0.05, 0.1) is 18.6 Å². The van der Waals surface area contributed by atoms with E-state index in [2.05, 4.69) is 15.1 Å². The molecule has 1 aromatic heterocycles. The maximum absolute atomic E-state index is 12.7. The van der Waals surface area contributed by atoms with Crippen molar-refractivity contribution >= 4 is 15.9 Å². The van der Waals surface area contributed by atoms with E-state index < -0.39 is 27.2 Å². The van der Waals surface area contributed by atoms with Gasteiger partial charge in [0.2, 0.25) is 10.0 Å². The lowest BCUT2D eigenvalue weighted by molar-refractivity contribution is 0.0941. The van der Waals surface area contributed by atoms with Gasteiger partial charge in [-0.15, -0.1) is 0 Å². The van der Waals surface area contributed by atoms with Crippen molar-refractivity contribution in [2.24, 2.45) is 0 Å². The summed E-state index contributed by atoms with van der Waals surface area (Å²) in [5.74, 6) is -0.933. The highest BCUT2D eigenvalue weighted by Crippen LogP contribution is 2.21. The van der Waals surface area contributed by atoms with Gasteiger partial charge in [-0.3, -0.25) is 9.59 Å². The van der Waals surface area contributed by atoms with E-state index in [1.807, 2.05) is 0 Å². The van der Waals surface area contributed by atoms with Crippen molar-refractivity contribution < 1.29 is 27.8 Å². The number of rotatable bonds is 10. The molecule has 0 aliphatic carbocycles. The number of benzene rings is 2. The minimum absolute atomic E-state index is 0.0329. The van der Waals surface area contributed by atoms with Crippen LogP contribution in [0.5, 0.6) is 11.5 Å². The summed E-state index contributed by atoms with van der Waals surface area (Å²) < 4.78 is 37.9. The van der Waals surface area contributed by atoms with Crippen LogP contribution in [0.2, 0.25) is 0 Å². The number of aromatic hydroxyl groups is 1. The third kappa shape index (κ3) is 5.78. The average Bonchev–Trinajstić information content (AvgIpc) is 2.83. The van der Waals surface area contributed by atoms with Crippen molar-refractivity contribution in [1.29, 1.82) is 0 Å². The molecule has 3 aromatic rings. The number of carbonyl (C=O) groups excluding carboxylic acids is 1. The first-order valence-corrected chi connectivity index (χ1v) is 11.6. The summed E-state index contributed by atoms with van der Waals surface area (Å²) in [5, 5.41) is 16.7. The Morgan fingerprint density at radius 2 is 1.82 bits per heavy atom. The first kappa shape index (κ1) is 24.9. The second-order valence-electron chi connectivity index (χ2n) is 7.02. The highest BCUT2D eigenvalue weighted by molar-refractivity contribution is 7.89. The predicted octanol–water partition coefficient (Wildman–Crippen LogP) is 0.801. The van der Waals surface area contributed by atoms with Crippen molar-refractivity contribution in [3.63, 3.8) is 0 Å². The number of hydrogen-bond donors (Lipinski definition) is 3. The zero-order valence-electron chi connectivity index (χ0n) is 18.5. The molecule has 0 saturated carbocycles. The molecule has 0 aliphatic heterocycles. The van der Waals surface area contributed by atoms with Gasteiger partial charge in [-0.2, -0.15) is 9.78 Å². The molecule has 0 saturated heterocycles. The Kier molecular flexibility index (Phi) is 7.99. The maximum atomic E-state index is 12.7. The van der Waals surface area contributed by atoms with E-state index in [4.69, 9.17) is 9.47 Å². The Balaban J connectivity index is 1.75. The Labute approximate surface area is 196 Å². The van der Waals surface area contributed by atoms with Crippen LogP contribution in [-0.4, -0.2) is 56.6 Å². The van der Waals surface area contributed by atoms with Gasteiger partial charge in [-0.25, -0.2) is 13.1 Å². The van der Waals surface area contributed by atoms with Crippen LogP contribution < -0.4 is 20.3 Å². The summed E-state index contributed by atoms with van der Waals surface area (Å²) >= 11 is 0. The summed E-state index contributed by atoms with van der Waals surface area (Å²) in [6, 6.07) is 13.4. The number of nitrogens with zero attached hydrogens (tertiary/aromatic N) is 2. The molecular weight excluding hydrogens is 464 g/mol. The second kappa shape index (κ2) is 10.9. The molecule has 34 heavy (non-hydrogen) atoms. The molecule has 0 unspecified atom stereocenters. The molecule has 1 heterocycles. The summed E-state index contributed by atoms with van der Waals surface area (Å²) in [4.78, 5) is 25.1. The molecule has 0 aliphatic rings. The summed E-state index contributed by atoms with van der Waals surface area (Å²) in [6.07, 6.45) is 0. The third-order valence-electron chi connectivity index (χ3n) is 4.72. The molecule has 0 radical (unpaired) electrons. The molecule has 0 fully saturated rings. The number of aromatic nitrogens is 2. The standard InChI is InChI=1S/C22H24N4O7S/c1-32-12-11-24-34(30,31)16-9-7-15(8-10-16)14-23-22(29)21-18(27)13-20(28)26(25-21)17-5-3-4-6-19(17)33-2/h3-10,13,24,27H,11-12,14H2,1-2H3,(H,23,29). The topological polar surface area (TPSA) is 149 Å². The average molecular weight is 489 g/mol. The van der Waals surface area contributed by atoms with Crippen LogP contribution in [0.25, 0.3) is 5.69 Å². The van der Waals surface area contributed by atoms with Crippen LogP contribution in [0.1, 0.15) is 16.1 Å². The fourth-order valence-electron chi connectivity index (χ4n) is 3.00. The first-order chi connectivity index (χ1) is 16.3. The number of carbonyl (C=O) groups is 1. The molecular formula is C22H24N4O7S. The molecule has 0 bridgehead atoms. The molecule has 180 valence electrons. The van der Waals surface area contributed by atoms with Crippen LogP contribution in [0.3, 0.4) is 0 Å². The van der Waals surface area contributed by atoms with Gasteiger partial charge >= 0.3 is 0 Å². The Morgan fingerprint density at radius 1 is 1.12 bits per heavy atom. The molecule has 11 nitrogen and oxygen atoms in total. The van der Waals surface area contributed by atoms with E-state index >= 15 is 0 Å². The zero-order chi connectivity index (χ0) is 24.7. The maximum Gasteiger partial charge on any atom is 0.275 e. The number of hydrogen-bond acceptors (Lipinski definition) is 8. The fourth-order valence-corrected chi connectivity index (χ4v) is 4.01. The minimum atomic E-state index is -3.67. The number of sulfonamides is 1. The molecule has 0 spiro atoms. The van der Waals surface area contributed by atoms with Gasteiger partial charge in [0.25, 0.3) is 11.5 Å². The highest BCUT2D eigenvalue weighted by atomic mass is 32.2. The Bertz CT molecular complexity index is 1320. The van der Waals surface area contributed by atoms with Gasteiger partial charge in [0.1, 0.15) is 11.4 Å². The number of methoxy groups -OCH3 is 2. The van der Waals surface area contributed by atoms with Crippen LogP contribution in [0.15, 0.2) is 64.3 Å². The zero-order valence-corrected chi connectivity index (χ0v) is 19.3. The quantitative estimate of drug-likeness (QED) is 0.355. The summed E-state index contributed by atoms with van der Waals surface area (Å²) in [5.41, 5.74) is -0.0804. The lowest BCUT2D eigenvalue weighted by Gasteiger charge is -2.12. The van der Waals surface area contributed by atoms with Gasteiger partial charge in [0, 0.05) is 26.3 Å². The van der Waals surface area contributed by atoms with Crippen molar-refractivity contribution in [3.8, 4) is 17.2 Å². The second-order valence-corrected chi connectivity index (χ2v) is 8.78.